The fraction of sp³-hybridized carbons (Fsp3) is 0.389. The molecular weight excluding hydrogens is 306 g/mol. The maximum Gasteiger partial charge on any atom is 0.328 e. The second kappa shape index (κ2) is 6.11. The summed E-state index contributed by atoms with van der Waals surface area (Å²) in [4.78, 5) is 41.4. The van der Waals surface area contributed by atoms with E-state index in [4.69, 9.17) is 0 Å². The van der Waals surface area contributed by atoms with Crippen LogP contribution in [0.4, 0.5) is 0 Å². The van der Waals surface area contributed by atoms with Gasteiger partial charge in [0.05, 0.1) is 10.9 Å². The van der Waals surface area contributed by atoms with Gasteiger partial charge in [0.1, 0.15) is 0 Å². The highest BCUT2D eigenvalue weighted by Gasteiger charge is 2.21. The van der Waals surface area contributed by atoms with Crippen LogP contribution in [0, 0.1) is 0 Å². The number of amides is 1. The van der Waals surface area contributed by atoms with Gasteiger partial charge in [-0.2, -0.15) is 0 Å². The minimum atomic E-state index is -0.452. The van der Waals surface area contributed by atoms with Crippen LogP contribution in [-0.2, 0) is 6.54 Å². The molecule has 1 aromatic carbocycles. The number of carbonyl (C=O) groups is 1. The van der Waals surface area contributed by atoms with Crippen molar-refractivity contribution in [2.45, 2.75) is 33.7 Å². The van der Waals surface area contributed by atoms with E-state index in [-0.39, 0.29) is 11.5 Å². The van der Waals surface area contributed by atoms with Gasteiger partial charge in [-0.3, -0.25) is 14.2 Å². The van der Waals surface area contributed by atoms with Gasteiger partial charge in [0.2, 0.25) is 0 Å². The first-order valence-electron chi connectivity index (χ1n) is 8.13. The van der Waals surface area contributed by atoms with Gasteiger partial charge in [0.15, 0.2) is 0 Å². The lowest BCUT2D eigenvalue weighted by atomic mass is 10.0. The molecule has 0 saturated heterocycles. The Kier molecular flexibility index (Phi) is 4.13. The topological polar surface area (TPSA) is 75.2 Å². The zero-order valence-corrected chi connectivity index (χ0v) is 14.2. The van der Waals surface area contributed by atoms with Crippen molar-refractivity contribution in [2.75, 3.05) is 13.1 Å². The zero-order chi connectivity index (χ0) is 17.4. The molecular formula is C18H21N3O3. The van der Waals surface area contributed by atoms with Crippen molar-refractivity contribution < 1.29 is 4.79 Å². The molecule has 0 radical (unpaired) electrons. The van der Waals surface area contributed by atoms with Gasteiger partial charge in [0.25, 0.3) is 11.5 Å². The van der Waals surface area contributed by atoms with E-state index in [0.29, 0.717) is 36.1 Å². The summed E-state index contributed by atoms with van der Waals surface area (Å²) < 4.78 is 1.14. The molecule has 1 N–H and O–H groups in total. The first-order chi connectivity index (χ1) is 11.4. The molecule has 126 valence electrons. The maximum absolute atomic E-state index is 12.7. The lowest BCUT2D eigenvalue weighted by molar-refractivity contribution is 0.0764. The Balaban J connectivity index is 2.01. The summed E-state index contributed by atoms with van der Waals surface area (Å²) in [6.07, 6.45) is 0.878. The quantitative estimate of drug-likeness (QED) is 0.856. The molecule has 24 heavy (non-hydrogen) atoms. The number of nitrogens with one attached hydrogen (secondary N) is 1. The van der Waals surface area contributed by atoms with Crippen LogP contribution in [0.3, 0.4) is 0 Å². The van der Waals surface area contributed by atoms with Crippen molar-refractivity contribution in [3.63, 3.8) is 0 Å². The molecule has 0 atom stereocenters. The molecule has 1 amide bonds. The number of rotatable bonds is 2. The van der Waals surface area contributed by atoms with Crippen molar-refractivity contribution in [2.24, 2.45) is 0 Å². The Morgan fingerprint density at radius 3 is 2.62 bits per heavy atom. The van der Waals surface area contributed by atoms with Crippen LogP contribution < -0.4 is 11.2 Å². The van der Waals surface area contributed by atoms with Crippen LogP contribution in [0.25, 0.3) is 10.9 Å². The van der Waals surface area contributed by atoms with E-state index >= 15 is 0 Å². The number of aromatic amines is 1. The van der Waals surface area contributed by atoms with E-state index in [2.05, 4.69) is 11.9 Å². The standard InChI is InChI=1S/C18H21N3O3/c1-4-21-17(23)14-6-5-13(9-15(14)19-18(21)24)16(22)20-8-7-11(2)12(3)10-20/h5-6,9H,4,7-8,10H2,1-3H3,(H,19,24). The first-order valence-corrected chi connectivity index (χ1v) is 8.13. The van der Waals surface area contributed by atoms with E-state index in [9.17, 15) is 14.4 Å². The lowest BCUT2D eigenvalue weighted by Crippen LogP contribution is -2.37. The normalized spacial score (nSPS) is 15.2. The van der Waals surface area contributed by atoms with Crippen molar-refractivity contribution >= 4 is 16.8 Å². The number of benzene rings is 1. The predicted molar refractivity (Wildman–Crippen MR) is 93.4 cm³/mol. The van der Waals surface area contributed by atoms with Crippen LogP contribution in [0.5, 0.6) is 0 Å². The smallest absolute Gasteiger partial charge is 0.328 e. The van der Waals surface area contributed by atoms with Gasteiger partial charge in [-0.05, 0) is 45.4 Å². The largest absolute Gasteiger partial charge is 0.334 e. The van der Waals surface area contributed by atoms with Gasteiger partial charge in [-0.15, -0.1) is 0 Å². The number of hydrogen-bond acceptors (Lipinski definition) is 3. The summed E-state index contributed by atoms with van der Waals surface area (Å²) in [7, 11) is 0. The molecule has 0 fully saturated rings. The molecule has 3 rings (SSSR count). The van der Waals surface area contributed by atoms with Gasteiger partial charge in [-0.25, -0.2) is 4.79 Å². The highest BCUT2D eigenvalue weighted by Crippen LogP contribution is 2.19. The minimum absolute atomic E-state index is 0.0794. The summed E-state index contributed by atoms with van der Waals surface area (Å²) >= 11 is 0. The van der Waals surface area contributed by atoms with E-state index in [1.165, 1.54) is 11.1 Å². The number of aromatic nitrogens is 2. The second-order valence-corrected chi connectivity index (χ2v) is 6.28. The predicted octanol–water partition coefficient (Wildman–Crippen LogP) is 1.89. The van der Waals surface area contributed by atoms with Crippen LogP contribution in [0.2, 0.25) is 0 Å². The number of hydrogen-bond donors (Lipinski definition) is 1. The summed E-state index contributed by atoms with van der Waals surface area (Å²) in [5, 5.41) is 0.415. The maximum atomic E-state index is 12.7. The molecule has 1 aliphatic heterocycles. The van der Waals surface area contributed by atoms with E-state index in [1.54, 1.807) is 30.0 Å². The molecule has 2 aromatic rings. The van der Waals surface area contributed by atoms with Crippen molar-refractivity contribution in [3.05, 3.63) is 55.7 Å². The average molecular weight is 327 g/mol. The Bertz CT molecular complexity index is 966. The Morgan fingerprint density at radius 1 is 1.21 bits per heavy atom. The number of H-pyrrole nitrogens is 1. The molecule has 1 aromatic heterocycles. The van der Waals surface area contributed by atoms with Crippen molar-refractivity contribution in [1.29, 1.82) is 0 Å². The molecule has 1 aliphatic rings. The summed E-state index contributed by atoms with van der Waals surface area (Å²) in [5.41, 5.74) is 2.66. The Hall–Kier alpha value is -2.63. The van der Waals surface area contributed by atoms with Crippen LogP contribution in [-0.4, -0.2) is 33.4 Å². The van der Waals surface area contributed by atoms with Gasteiger partial charge >= 0.3 is 5.69 Å². The SMILES string of the molecule is CCn1c(=O)[nH]c2cc(C(=O)N3CCC(C)=C(C)C3)ccc2c1=O. The average Bonchev–Trinajstić information content (AvgIpc) is 2.56. The van der Waals surface area contributed by atoms with Crippen LogP contribution in [0.15, 0.2) is 38.9 Å². The van der Waals surface area contributed by atoms with Gasteiger partial charge in [0, 0.05) is 25.2 Å². The molecule has 0 aliphatic carbocycles. The highest BCUT2D eigenvalue weighted by atomic mass is 16.2. The Labute approximate surface area is 139 Å². The number of fused-ring (bicyclic) bond motifs is 1. The molecule has 6 heteroatoms. The third-order valence-corrected chi connectivity index (χ3v) is 4.75. The molecule has 2 heterocycles. The molecule has 0 bridgehead atoms. The van der Waals surface area contributed by atoms with Crippen molar-refractivity contribution in [3.8, 4) is 0 Å². The summed E-state index contributed by atoms with van der Waals surface area (Å²) in [5.74, 6) is -0.0794. The van der Waals surface area contributed by atoms with Gasteiger partial charge < -0.3 is 9.88 Å². The Morgan fingerprint density at radius 2 is 1.96 bits per heavy atom. The minimum Gasteiger partial charge on any atom is -0.334 e. The van der Waals surface area contributed by atoms with Crippen LogP contribution in [0.1, 0.15) is 37.6 Å². The highest BCUT2D eigenvalue weighted by molar-refractivity contribution is 5.97. The summed E-state index contributed by atoms with van der Waals surface area (Å²) in [6, 6.07) is 4.87. The third kappa shape index (κ3) is 2.68. The molecule has 0 saturated carbocycles. The fourth-order valence-electron chi connectivity index (χ4n) is 3.05. The first kappa shape index (κ1) is 16.2. The van der Waals surface area contributed by atoms with E-state index in [1.807, 2.05) is 6.92 Å². The molecule has 0 spiro atoms. The zero-order valence-electron chi connectivity index (χ0n) is 14.2. The molecule has 0 unspecified atom stereocenters. The lowest BCUT2D eigenvalue weighted by Gasteiger charge is -2.28. The summed E-state index contributed by atoms with van der Waals surface area (Å²) in [6.45, 7) is 7.50. The second-order valence-electron chi connectivity index (χ2n) is 6.28. The molecule has 6 nitrogen and oxygen atoms in total. The van der Waals surface area contributed by atoms with E-state index in [0.717, 1.165) is 11.0 Å². The van der Waals surface area contributed by atoms with Gasteiger partial charge in [-0.1, -0.05) is 11.1 Å². The van der Waals surface area contributed by atoms with Crippen LogP contribution >= 0.6 is 0 Å². The fourth-order valence-corrected chi connectivity index (χ4v) is 3.05. The number of carbonyl (C=O) groups excluding carboxylic acids is 1. The third-order valence-electron chi connectivity index (χ3n) is 4.75. The monoisotopic (exact) mass is 327 g/mol. The van der Waals surface area contributed by atoms with Crippen molar-refractivity contribution in [1.82, 2.24) is 14.5 Å². The van der Waals surface area contributed by atoms with E-state index < -0.39 is 5.69 Å². The number of nitrogens with zero attached hydrogens (tertiary/aromatic N) is 2.